The molecule has 8 heteroatoms. The van der Waals surface area contributed by atoms with Gasteiger partial charge in [-0.05, 0) is 37.8 Å². The Hall–Kier alpha value is -1.80. The molecule has 138 valence electrons. The zero-order valence-corrected chi connectivity index (χ0v) is 14.1. The summed E-state index contributed by atoms with van der Waals surface area (Å²) >= 11 is 0. The van der Waals surface area contributed by atoms with Crippen LogP contribution in [0, 0.1) is 5.92 Å². The third-order valence-corrected chi connectivity index (χ3v) is 4.72. The van der Waals surface area contributed by atoms with Gasteiger partial charge in [0, 0.05) is 19.5 Å². The summed E-state index contributed by atoms with van der Waals surface area (Å²) in [6.45, 7) is 2.13. The van der Waals surface area contributed by atoms with Crippen LogP contribution in [0.25, 0.3) is 0 Å². The van der Waals surface area contributed by atoms with Gasteiger partial charge in [-0.15, -0.1) is 0 Å². The molecule has 6 nitrogen and oxygen atoms in total. The quantitative estimate of drug-likeness (QED) is 0.815. The number of aliphatic hydroxyl groups is 1. The molecule has 1 saturated heterocycles. The van der Waals surface area contributed by atoms with Crippen LogP contribution in [0.3, 0.4) is 0 Å². The molecule has 2 fully saturated rings. The first-order chi connectivity index (χ1) is 11.8. The van der Waals surface area contributed by atoms with Crippen molar-refractivity contribution in [2.45, 2.75) is 44.3 Å². The average Bonchev–Trinajstić information content (AvgIpc) is 3.40. The second-order valence-electron chi connectivity index (χ2n) is 6.82. The van der Waals surface area contributed by atoms with Gasteiger partial charge in [0.15, 0.2) is 0 Å². The Balaban J connectivity index is 1.50. The molecule has 3 rings (SSSR count). The molecule has 1 saturated carbocycles. The average molecular weight is 355 g/mol. The number of hydrogen-bond acceptors (Lipinski definition) is 5. The number of amides is 1. The molecule has 0 bridgehead atoms. The fourth-order valence-electron chi connectivity index (χ4n) is 2.69. The fourth-order valence-corrected chi connectivity index (χ4v) is 2.69. The van der Waals surface area contributed by atoms with Crippen molar-refractivity contribution in [3.05, 3.63) is 18.3 Å². The first kappa shape index (κ1) is 18.0. The molecule has 2 N–H and O–H groups in total. The number of piperidine rings is 1. The molecular formula is C17H23F2N3O3. The second kappa shape index (κ2) is 7.21. The van der Waals surface area contributed by atoms with Crippen molar-refractivity contribution in [3.8, 4) is 5.75 Å². The normalized spacial score (nSPS) is 24.6. The van der Waals surface area contributed by atoms with Crippen LogP contribution in [0.4, 0.5) is 14.6 Å². The van der Waals surface area contributed by atoms with E-state index in [0.29, 0.717) is 24.1 Å². The Labute approximate surface area is 145 Å². The predicted molar refractivity (Wildman–Crippen MR) is 87.7 cm³/mol. The van der Waals surface area contributed by atoms with Crippen LogP contribution < -0.4 is 10.1 Å². The van der Waals surface area contributed by atoms with Crippen molar-refractivity contribution >= 4 is 11.7 Å². The summed E-state index contributed by atoms with van der Waals surface area (Å²) in [4.78, 5) is 18.0. The lowest BCUT2D eigenvalue weighted by Crippen LogP contribution is -2.55. The molecule has 1 aliphatic carbocycles. The first-order valence-electron chi connectivity index (χ1n) is 8.55. The van der Waals surface area contributed by atoms with Gasteiger partial charge in [-0.25, -0.2) is 13.8 Å². The summed E-state index contributed by atoms with van der Waals surface area (Å²) in [6, 6.07) is 2.74. The van der Waals surface area contributed by atoms with Gasteiger partial charge in [0.2, 0.25) is 5.91 Å². The van der Waals surface area contributed by atoms with Crippen molar-refractivity contribution in [2.24, 2.45) is 5.92 Å². The Morgan fingerprint density at radius 2 is 2.28 bits per heavy atom. The summed E-state index contributed by atoms with van der Waals surface area (Å²) in [5.41, 5.74) is 0. The molecule has 0 radical (unpaired) electrons. The molecule has 2 atom stereocenters. The highest BCUT2D eigenvalue weighted by Gasteiger charge is 2.44. The number of aliphatic hydroxyl groups excluding tert-OH is 1. The molecule has 1 aromatic rings. The Bertz CT molecular complexity index is 608. The van der Waals surface area contributed by atoms with Crippen LogP contribution in [0.2, 0.25) is 0 Å². The smallest absolute Gasteiger partial charge is 0.275 e. The van der Waals surface area contributed by atoms with Gasteiger partial charge in [0.1, 0.15) is 17.7 Å². The standard InChI is InChI=1S/C17H23F2N3O3/c1-11(22-7-6-17(18,19)14(23)9-22)16(24)21-15-5-4-13(8-20-15)25-10-12-2-3-12/h4-5,8,11-12,14,23H,2-3,6-7,9-10H2,1H3,(H,20,21,24)/t11-,14-/m0/s1. The molecule has 0 unspecified atom stereocenters. The van der Waals surface area contributed by atoms with E-state index in [-0.39, 0.29) is 19.0 Å². The number of likely N-dealkylation sites (tertiary alicyclic amines) is 1. The number of nitrogens with one attached hydrogen (secondary N) is 1. The van der Waals surface area contributed by atoms with Crippen molar-refractivity contribution in [1.82, 2.24) is 9.88 Å². The highest BCUT2D eigenvalue weighted by molar-refractivity contribution is 5.93. The molecular weight excluding hydrogens is 332 g/mol. The highest BCUT2D eigenvalue weighted by atomic mass is 19.3. The molecule has 2 heterocycles. The monoisotopic (exact) mass is 355 g/mol. The molecule has 0 aromatic carbocycles. The maximum absolute atomic E-state index is 13.3. The maximum Gasteiger partial charge on any atom is 0.275 e. The van der Waals surface area contributed by atoms with E-state index in [1.54, 1.807) is 30.2 Å². The number of carbonyl (C=O) groups is 1. The van der Waals surface area contributed by atoms with Crippen LogP contribution >= 0.6 is 0 Å². The van der Waals surface area contributed by atoms with Gasteiger partial charge in [-0.3, -0.25) is 9.69 Å². The van der Waals surface area contributed by atoms with E-state index in [4.69, 9.17) is 4.74 Å². The fraction of sp³-hybridized carbons (Fsp3) is 0.647. The van der Waals surface area contributed by atoms with Gasteiger partial charge in [0.25, 0.3) is 5.92 Å². The minimum atomic E-state index is -3.09. The number of nitrogens with zero attached hydrogens (tertiary/aromatic N) is 2. The largest absolute Gasteiger partial charge is 0.492 e. The van der Waals surface area contributed by atoms with Crippen molar-refractivity contribution < 1.29 is 23.4 Å². The van der Waals surface area contributed by atoms with E-state index >= 15 is 0 Å². The van der Waals surface area contributed by atoms with Gasteiger partial charge < -0.3 is 15.2 Å². The zero-order chi connectivity index (χ0) is 18.0. The molecule has 0 spiro atoms. The number of carbonyl (C=O) groups excluding carboxylic acids is 1. The second-order valence-corrected chi connectivity index (χ2v) is 6.82. The number of pyridine rings is 1. The summed E-state index contributed by atoms with van der Waals surface area (Å²) in [6.07, 6.45) is 1.75. The van der Waals surface area contributed by atoms with Crippen LogP contribution in [0.15, 0.2) is 18.3 Å². The third-order valence-electron chi connectivity index (χ3n) is 4.72. The number of halogens is 2. The number of β-amino-alcohol motifs (C(OH)–C–C–N with tert-alkyl or cyclic N) is 1. The number of ether oxygens (including phenoxy) is 1. The molecule has 1 amide bonds. The number of alkyl halides is 2. The Morgan fingerprint density at radius 1 is 1.52 bits per heavy atom. The van der Waals surface area contributed by atoms with Gasteiger partial charge >= 0.3 is 0 Å². The lowest BCUT2D eigenvalue weighted by Gasteiger charge is -2.38. The van der Waals surface area contributed by atoms with Crippen molar-refractivity contribution in [3.63, 3.8) is 0 Å². The maximum atomic E-state index is 13.3. The van der Waals surface area contributed by atoms with Crippen LogP contribution in [0.1, 0.15) is 26.2 Å². The predicted octanol–water partition coefficient (Wildman–Crippen LogP) is 1.90. The zero-order valence-electron chi connectivity index (χ0n) is 14.1. The molecule has 1 aliphatic heterocycles. The number of rotatable bonds is 6. The van der Waals surface area contributed by atoms with Crippen molar-refractivity contribution in [2.75, 3.05) is 25.0 Å². The van der Waals surface area contributed by atoms with Crippen LogP contribution in [0.5, 0.6) is 5.75 Å². The van der Waals surface area contributed by atoms with Gasteiger partial charge in [-0.1, -0.05) is 0 Å². The van der Waals surface area contributed by atoms with E-state index in [0.717, 1.165) is 0 Å². The lowest BCUT2D eigenvalue weighted by atomic mass is 10.0. The van der Waals surface area contributed by atoms with E-state index in [1.807, 2.05) is 0 Å². The first-order valence-corrected chi connectivity index (χ1v) is 8.55. The Morgan fingerprint density at radius 3 is 2.88 bits per heavy atom. The minimum absolute atomic E-state index is 0.0556. The van der Waals surface area contributed by atoms with E-state index in [9.17, 15) is 18.7 Å². The summed E-state index contributed by atoms with van der Waals surface area (Å²) < 4.78 is 32.3. The molecule has 2 aliphatic rings. The number of hydrogen-bond donors (Lipinski definition) is 2. The molecule has 1 aromatic heterocycles. The van der Waals surface area contributed by atoms with E-state index in [1.165, 1.54) is 12.8 Å². The third kappa shape index (κ3) is 4.64. The molecule has 25 heavy (non-hydrogen) atoms. The summed E-state index contributed by atoms with van der Waals surface area (Å²) in [7, 11) is 0. The Kier molecular flexibility index (Phi) is 5.19. The minimum Gasteiger partial charge on any atom is -0.492 e. The van der Waals surface area contributed by atoms with Crippen LogP contribution in [-0.2, 0) is 4.79 Å². The lowest BCUT2D eigenvalue weighted by molar-refractivity contribution is -0.155. The van der Waals surface area contributed by atoms with E-state index < -0.39 is 24.5 Å². The highest BCUT2D eigenvalue weighted by Crippen LogP contribution is 2.30. The number of anilines is 1. The summed E-state index contributed by atoms with van der Waals surface area (Å²) in [5, 5.41) is 12.2. The van der Waals surface area contributed by atoms with Crippen LogP contribution in [-0.4, -0.2) is 58.7 Å². The van der Waals surface area contributed by atoms with Gasteiger partial charge in [0.05, 0.1) is 18.8 Å². The topological polar surface area (TPSA) is 74.7 Å². The van der Waals surface area contributed by atoms with Gasteiger partial charge in [-0.2, -0.15) is 0 Å². The SMILES string of the molecule is C[C@@H](C(=O)Nc1ccc(OCC2CC2)cn1)N1CCC(F)(F)[C@@H](O)C1. The van der Waals surface area contributed by atoms with E-state index in [2.05, 4.69) is 10.3 Å². The number of aromatic nitrogens is 1. The summed E-state index contributed by atoms with van der Waals surface area (Å²) in [5.74, 6) is -1.77. The van der Waals surface area contributed by atoms with Crippen molar-refractivity contribution in [1.29, 1.82) is 0 Å².